The average molecular weight is 224 g/mol. The van der Waals surface area contributed by atoms with Crippen LogP contribution in [0.4, 0.5) is 5.82 Å². The quantitative estimate of drug-likeness (QED) is 0.630. The SMILES string of the molecule is C=C/C(=C\C)CNc1nc(Cl)ncc1C. The van der Waals surface area contributed by atoms with Crippen molar-refractivity contribution in [1.29, 1.82) is 0 Å². The molecule has 0 aliphatic carbocycles. The minimum Gasteiger partial charge on any atom is -0.366 e. The van der Waals surface area contributed by atoms with Crippen molar-refractivity contribution in [2.45, 2.75) is 13.8 Å². The monoisotopic (exact) mass is 223 g/mol. The highest BCUT2D eigenvalue weighted by molar-refractivity contribution is 6.28. The molecule has 1 heterocycles. The lowest BCUT2D eigenvalue weighted by molar-refractivity contribution is 1.10. The molecule has 0 spiro atoms. The van der Waals surface area contributed by atoms with Crippen LogP contribution in [0.5, 0.6) is 0 Å². The molecule has 0 bridgehead atoms. The Labute approximate surface area is 94.9 Å². The molecule has 3 nitrogen and oxygen atoms in total. The van der Waals surface area contributed by atoms with E-state index >= 15 is 0 Å². The zero-order valence-electron chi connectivity index (χ0n) is 8.92. The van der Waals surface area contributed by atoms with Crippen LogP contribution >= 0.6 is 11.6 Å². The highest BCUT2D eigenvalue weighted by Gasteiger charge is 2.01. The maximum absolute atomic E-state index is 5.70. The van der Waals surface area contributed by atoms with Gasteiger partial charge in [0, 0.05) is 18.3 Å². The Morgan fingerprint density at radius 2 is 2.40 bits per heavy atom. The van der Waals surface area contributed by atoms with Crippen molar-refractivity contribution in [3.8, 4) is 0 Å². The van der Waals surface area contributed by atoms with Crippen molar-refractivity contribution in [2.75, 3.05) is 11.9 Å². The maximum Gasteiger partial charge on any atom is 0.224 e. The summed E-state index contributed by atoms with van der Waals surface area (Å²) in [5.74, 6) is 0.760. The van der Waals surface area contributed by atoms with Gasteiger partial charge in [-0.15, -0.1) is 0 Å². The summed E-state index contributed by atoms with van der Waals surface area (Å²) in [4.78, 5) is 7.98. The number of allylic oxidation sites excluding steroid dienone is 1. The second-order valence-electron chi connectivity index (χ2n) is 3.09. The number of rotatable bonds is 4. The minimum absolute atomic E-state index is 0.253. The van der Waals surface area contributed by atoms with E-state index in [0.717, 1.165) is 17.0 Å². The Morgan fingerprint density at radius 1 is 1.67 bits per heavy atom. The van der Waals surface area contributed by atoms with Gasteiger partial charge in [-0.1, -0.05) is 18.7 Å². The molecule has 0 saturated heterocycles. The summed E-state index contributed by atoms with van der Waals surface area (Å²) in [6.45, 7) is 8.31. The summed E-state index contributed by atoms with van der Waals surface area (Å²) in [5, 5.41) is 3.43. The topological polar surface area (TPSA) is 37.8 Å². The van der Waals surface area contributed by atoms with E-state index in [1.54, 1.807) is 6.20 Å². The van der Waals surface area contributed by atoms with Crippen LogP contribution in [0, 0.1) is 6.92 Å². The van der Waals surface area contributed by atoms with E-state index in [1.165, 1.54) is 0 Å². The van der Waals surface area contributed by atoms with Crippen molar-refractivity contribution < 1.29 is 0 Å². The molecule has 1 aromatic rings. The number of aromatic nitrogens is 2. The first kappa shape index (κ1) is 11.7. The van der Waals surface area contributed by atoms with Gasteiger partial charge in [0.2, 0.25) is 5.28 Å². The summed E-state index contributed by atoms with van der Waals surface area (Å²) in [6.07, 6.45) is 5.50. The van der Waals surface area contributed by atoms with Gasteiger partial charge in [-0.3, -0.25) is 0 Å². The number of hydrogen-bond donors (Lipinski definition) is 1. The Morgan fingerprint density at radius 3 is 3.00 bits per heavy atom. The zero-order chi connectivity index (χ0) is 11.3. The van der Waals surface area contributed by atoms with E-state index in [9.17, 15) is 0 Å². The van der Waals surface area contributed by atoms with Crippen LogP contribution in [-0.2, 0) is 0 Å². The van der Waals surface area contributed by atoms with E-state index in [2.05, 4.69) is 21.9 Å². The highest BCUT2D eigenvalue weighted by atomic mass is 35.5. The molecule has 0 aliphatic heterocycles. The van der Waals surface area contributed by atoms with Crippen molar-refractivity contribution in [1.82, 2.24) is 9.97 Å². The Balaban J connectivity index is 2.72. The Kier molecular flexibility index (Phi) is 4.31. The minimum atomic E-state index is 0.253. The molecule has 1 aromatic heterocycles. The third kappa shape index (κ3) is 3.36. The molecule has 1 N–H and O–H groups in total. The smallest absolute Gasteiger partial charge is 0.224 e. The number of anilines is 1. The first-order chi connectivity index (χ1) is 7.17. The van der Waals surface area contributed by atoms with Gasteiger partial charge >= 0.3 is 0 Å². The van der Waals surface area contributed by atoms with Crippen LogP contribution in [0.3, 0.4) is 0 Å². The molecule has 0 amide bonds. The van der Waals surface area contributed by atoms with E-state index in [1.807, 2.05) is 26.0 Å². The van der Waals surface area contributed by atoms with Crippen LogP contribution in [0.15, 0.2) is 30.5 Å². The van der Waals surface area contributed by atoms with Gasteiger partial charge in [0.05, 0.1) is 0 Å². The van der Waals surface area contributed by atoms with Crippen LogP contribution in [0.2, 0.25) is 5.28 Å². The molecular weight excluding hydrogens is 210 g/mol. The lowest BCUT2D eigenvalue weighted by Gasteiger charge is -2.08. The standard InChI is InChI=1S/C11H14ClN3/c1-4-9(5-2)7-13-10-8(3)6-14-11(12)15-10/h4-6H,1,7H2,2-3H3,(H,13,14,15)/b9-5+. The number of nitrogens with one attached hydrogen (secondary N) is 1. The summed E-state index contributed by atoms with van der Waals surface area (Å²) in [7, 11) is 0. The predicted octanol–water partition coefficient (Wildman–Crippen LogP) is 2.98. The summed E-state index contributed by atoms with van der Waals surface area (Å²) < 4.78 is 0. The van der Waals surface area contributed by atoms with Gasteiger partial charge < -0.3 is 5.32 Å². The normalized spacial score (nSPS) is 11.3. The fourth-order valence-corrected chi connectivity index (χ4v) is 1.21. The largest absolute Gasteiger partial charge is 0.366 e. The molecule has 0 atom stereocenters. The second kappa shape index (κ2) is 5.51. The lowest BCUT2D eigenvalue weighted by atomic mass is 10.2. The van der Waals surface area contributed by atoms with E-state index < -0.39 is 0 Å². The van der Waals surface area contributed by atoms with Gasteiger partial charge in [0.1, 0.15) is 5.82 Å². The Hall–Kier alpha value is -1.35. The summed E-state index contributed by atoms with van der Waals surface area (Å²) in [5.41, 5.74) is 2.09. The fraction of sp³-hybridized carbons (Fsp3) is 0.273. The molecule has 0 radical (unpaired) electrons. The molecule has 0 aliphatic rings. The number of aryl methyl sites for hydroxylation is 1. The van der Waals surface area contributed by atoms with Crippen LogP contribution < -0.4 is 5.32 Å². The third-order valence-electron chi connectivity index (χ3n) is 2.04. The zero-order valence-corrected chi connectivity index (χ0v) is 9.67. The van der Waals surface area contributed by atoms with E-state index in [0.29, 0.717) is 6.54 Å². The molecule has 15 heavy (non-hydrogen) atoms. The summed E-state index contributed by atoms with van der Waals surface area (Å²) in [6, 6.07) is 0. The molecule has 0 unspecified atom stereocenters. The number of nitrogens with zero attached hydrogens (tertiary/aromatic N) is 2. The van der Waals surface area contributed by atoms with Gasteiger partial charge in [-0.05, 0) is 31.0 Å². The van der Waals surface area contributed by atoms with Gasteiger partial charge in [-0.2, -0.15) is 0 Å². The predicted molar refractivity (Wildman–Crippen MR) is 64.2 cm³/mol. The molecule has 80 valence electrons. The molecule has 0 aromatic carbocycles. The van der Waals surface area contributed by atoms with Crippen LogP contribution in [0.1, 0.15) is 12.5 Å². The van der Waals surface area contributed by atoms with E-state index in [4.69, 9.17) is 11.6 Å². The van der Waals surface area contributed by atoms with Crippen molar-refractivity contribution in [3.63, 3.8) is 0 Å². The van der Waals surface area contributed by atoms with Crippen molar-refractivity contribution >= 4 is 17.4 Å². The van der Waals surface area contributed by atoms with Crippen LogP contribution in [-0.4, -0.2) is 16.5 Å². The van der Waals surface area contributed by atoms with E-state index in [-0.39, 0.29) is 5.28 Å². The fourth-order valence-electron chi connectivity index (χ4n) is 1.08. The number of halogens is 1. The first-order valence-corrected chi connectivity index (χ1v) is 5.05. The number of hydrogen-bond acceptors (Lipinski definition) is 3. The molecular formula is C11H14ClN3. The van der Waals surface area contributed by atoms with Crippen molar-refractivity contribution in [3.05, 3.63) is 41.3 Å². The molecule has 0 saturated carbocycles. The first-order valence-electron chi connectivity index (χ1n) is 4.68. The van der Waals surface area contributed by atoms with Gasteiger partial charge in [0.15, 0.2) is 0 Å². The lowest BCUT2D eigenvalue weighted by Crippen LogP contribution is -2.07. The van der Waals surface area contributed by atoms with Gasteiger partial charge in [0.25, 0.3) is 0 Å². The average Bonchev–Trinajstić information content (AvgIpc) is 2.24. The molecule has 0 fully saturated rings. The van der Waals surface area contributed by atoms with Crippen molar-refractivity contribution in [2.24, 2.45) is 0 Å². The third-order valence-corrected chi connectivity index (χ3v) is 2.22. The highest BCUT2D eigenvalue weighted by Crippen LogP contribution is 2.13. The van der Waals surface area contributed by atoms with Crippen LogP contribution in [0.25, 0.3) is 0 Å². The Bertz CT molecular complexity index is 385. The van der Waals surface area contributed by atoms with Gasteiger partial charge in [-0.25, -0.2) is 9.97 Å². The summed E-state index contributed by atoms with van der Waals surface area (Å²) >= 11 is 5.70. The molecule has 1 rings (SSSR count). The maximum atomic E-state index is 5.70. The second-order valence-corrected chi connectivity index (χ2v) is 3.43. The molecule has 4 heteroatoms.